The molecule has 1 atom stereocenters. The average Bonchev–Trinajstić information content (AvgIpc) is 3.39. The summed E-state index contributed by atoms with van der Waals surface area (Å²) in [4.78, 5) is 35.8. The van der Waals surface area contributed by atoms with Gasteiger partial charge in [-0.25, -0.2) is 4.98 Å². The molecule has 2 aliphatic heterocycles. The van der Waals surface area contributed by atoms with Crippen LogP contribution in [0.15, 0.2) is 36.7 Å². The van der Waals surface area contributed by atoms with Gasteiger partial charge in [0.15, 0.2) is 0 Å². The Labute approximate surface area is 179 Å². The lowest BCUT2D eigenvalue weighted by Gasteiger charge is -2.18. The van der Waals surface area contributed by atoms with Crippen LogP contribution in [0.3, 0.4) is 0 Å². The van der Waals surface area contributed by atoms with Crippen molar-refractivity contribution in [2.45, 2.75) is 18.9 Å². The van der Waals surface area contributed by atoms with E-state index in [0.717, 1.165) is 36.9 Å². The molecule has 1 aromatic heterocycles. The zero-order chi connectivity index (χ0) is 21.1. The van der Waals surface area contributed by atoms with Crippen molar-refractivity contribution < 1.29 is 14.3 Å². The topological polar surface area (TPSA) is 87.7 Å². The van der Waals surface area contributed by atoms with Gasteiger partial charge in [-0.05, 0) is 42.7 Å². The van der Waals surface area contributed by atoms with Gasteiger partial charge in [-0.1, -0.05) is 11.6 Å². The average molecular weight is 428 g/mol. The number of halogens is 1. The number of methoxy groups -OCH3 is 1. The van der Waals surface area contributed by atoms with Crippen LogP contribution in [0.25, 0.3) is 0 Å². The number of benzene rings is 1. The second-order valence-electron chi connectivity index (χ2n) is 7.20. The molecule has 1 N–H and O–H groups in total. The third-order valence-electron chi connectivity index (χ3n) is 5.32. The summed E-state index contributed by atoms with van der Waals surface area (Å²) in [6.07, 6.45) is 7.15. The minimum absolute atomic E-state index is 0.0126. The number of allylic oxidation sites excluding steroid dienone is 1. The molecule has 1 amide bonds. The third-order valence-corrected chi connectivity index (χ3v) is 5.58. The van der Waals surface area contributed by atoms with Crippen molar-refractivity contribution in [2.24, 2.45) is 0 Å². The zero-order valence-electron chi connectivity index (χ0n) is 16.5. The number of rotatable bonds is 6. The van der Waals surface area contributed by atoms with E-state index in [-0.39, 0.29) is 11.9 Å². The van der Waals surface area contributed by atoms with Crippen molar-refractivity contribution >= 4 is 35.4 Å². The zero-order valence-corrected chi connectivity index (χ0v) is 17.3. The molecule has 0 spiro atoms. The number of hydrogen-bond donors (Lipinski definition) is 1. The number of nitrogens with one attached hydrogen (secondary N) is 1. The van der Waals surface area contributed by atoms with E-state index in [2.05, 4.69) is 15.3 Å². The molecule has 30 heavy (non-hydrogen) atoms. The molecule has 1 fully saturated rings. The number of fused-ring (bicyclic) bond motifs is 1. The quantitative estimate of drug-likeness (QED) is 0.559. The first-order valence-corrected chi connectivity index (χ1v) is 10.1. The van der Waals surface area contributed by atoms with Gasteiger partial charge in [0.05, 0.1) is 13.3 Å². The van der Waals surface area contributed by atoms with Crippen LogP contribution in [0.5, 0.6) is 5.88 Å². The first kappa shape index (κ1) is 20.2. The van der Waals surface area contributed by atoms with E-state index < -0.39 is 0 Å². The second-order valence-corrected chi connectivity index (χ2v) is 7.60. The summed E-state index contributed by atoms with van der Waals surface area (Å²) >= 11 is 5.97. The number of carbonyl (C=O) groups is 2. The summed E-state index contributed by atoms with van der Waals surface area (Å²) in [5.74, 6) is 0.755. The van der Waals surface area contributed by atoms with Crippen LogP contribution in [0.1, 0.15) is 22.3 Å². The Hall–Kier alpha value is -3.13. The van der Waals surface area contributed by atoms with Crippen LogP contribution >= 0.6 is 11.6 Å². The fourth-order valence-corrected chi connectivity index (χ4v) is 4.01. The van der Waals surface area contributed by atoms with E-state index in [1.165, 1.54) is 19.4 Å². The molecule has 1 aromatic carbocycles. The first-order valence-electron chi connectivity index (χ1n) is 9.73. The highest BCUT2D eigenvalue weighted by atomic mass is 35.5. The fraction of sp³-hybridized carbons (Fsp3) is 0.333. The van der Waals surface area contributed by atoms with Gasteiger partial charge in [-0.3, -0.25) is 9.59 Å². The number of nitrogens with zero attached hydrogens (tertiary/aromatic N) is 4. The van der Waals surface area contributed by atoms with Gasteiger partial charge < -0.3 is 19.9 Å². The van der Waals surface area contributed by atoms with Gasteiger partial charge in [0.1, 0.15) is 11.3 Å². The maximum atomic E-state index is 13.0. The lowest BCUT2D eigenvalue weighted by Crippen LogP contribution is -2.32. The van der Waals surface area contributed by atoms with Crippen molar-refractivity contribution in [1.29, 1.82) is 0 Å². The molecule has 156 valence electrons. The van der Waals surface area contributed by atoms with Gasteiger partial charge >= 0.3 is 0 Å². The second kappa shape index (κ2) is 8.71. The summed E-state index contributed by atoms with van der Waals surface area (Å²) in [5.41, 5.74) is 2.84. The molecule has 0 unspecified atom stereocenters. The minimum atomic E-state index is 0.0126. The molecule has 8 nitrogen and oxygen atoms in total. The Morgan fingerprint density at radius 1 is 1.37 bits per heavy atom. The Kier molecular flexibility index (Phi) is 5.85. The van der Waals surface area contributed by atoms with Crippen molar-refractivity contribution in [3.05, 3.63) is 52.8 Å². The van der Waals surface area contributed by atoms with Gasteiger partial charge in [-0.2, -0.15) is 4.98 Å². The molecule has 1 saturated heterocycles. The van der Waals surface area contributed by atoms with Gasteiger partial charge in [0, 0.05) is 43.1 Å². The van der Waals surface area contributed by atoms with Crippen molar-refractivity contribution in [3.63, 3.8) is 0 Å². The number of ether oxygens (including phenoxy) is 1. The monoisotopic (exact) mass is 427 g/mol. The number of likely N-dealkylation sites (tertiary alicyclic amines) is 1. The van der Waals surface area contributed by atoms with Crippen molar-refractivity contribution in [1.82, 2.24) is 14.9 Å². The summed E-state index contributed by atoms with van der Waals surface area (Å²) in [6, 6.07) is 5.81. The Balaban J connectivity index is 1.40. The molecule has 2 aromatic rings. The molecular weight excluding hydrogens is 406 g/mol. The van der Waals surface area contributed by atoms with Crippen LogP contribution in [0.4, 0.5) is 11.6 Å². The van der Waals surface area contributed by atoms with Gasteiger partial charge in [0.25, 0.3) is 5.91 Å². The Morgan fingerprint density at radius 3 is 3.03 bits per heavy atom. The van der Waals surface area contributed by atoms with Gasteiger partial charge in [0.2, 0.25) is 11.8 Å². The van der Waals surface area contributed by atoms with Crippen LogP contribution in [0.2, 0.25) is 5.02 Å². The fourth-order valence-electron chi connectivity index (χ4n) is 3.85. The summed E-state index contributed by atoms with van der Waals surface area (Å²) in [6.45, 7) is 2.03. The van der Waals surface area contributed by atoms with E-state index in [1.54, 1.807) is 6.20 Å². The van der Waals surface area contributed by atoms with E-state index in [0.29, 0.717) is 35.5 Å². The summed E-state index contributed by atoms with van der Waals surface area (Å²) in [7, 11) is 1.50. The predicted octanol–water partition coefficient (Wildman–Crippen LogP) is 2.54. The Bertz CT molecular complexity index is 997. The highest BCUT2D eigenvalue weighted by molar-refractivity contribution is 6.31. The predicted molar refractivity (Wildman–Crippen MR) is 114 cm³/mol. The molecular formula is C21H22ClN5O3. The first-order chi connectivity index (χ1) is 14.6. The molecule has 9 heteroatoms. The lowest BCUT2D eigenvalue weighted by atomic mass is 10.1. The number of amides is 1. The number of aromatic nitrogens is 2. The largest absolute Gasteiger partial charge is 0.480 e. The maximum absolute atomic E-state index is 13.0. The number of carbonyl (C=O) groups excluding carboxylic acids is 2. The summed E-state index contributed by atoms with van der Waals surface area (Å²) < 4.78 is 5.12. The van der Waals surface area contributed by atoms with Gasteiger partial charge in [-0.15, -0.1) is 0 Å². The van der Waals surface area contributed by atoms with E-state index in [4.69, 9.17) is 16.3 Å². The molecule has 2 aliphatic rings. The molecule has 0 saturated carbocycles. The summed E-state index contributed by atoms with van der Waals surface area (Å²) in [5, 5.41) is 3.60. The number of hydrogen-bond acceptors (Lipinski definition) is 7. The smallest absolute Gasteiger partial charge is 0.253 e. The van der Waals surface area contributed by atoms with E-state index in [9.17, 15) is 9.59 Å². The molecule has 3 heterocycles. The maximum Gasteiger partial charge on any atom is 0.253 e. The van der Waals surface area contributed by atoms with Crippen molar-refractivity contribution in [3.8, 4) is 5.88 Å². The number of aldehydes is 1. The molecule has 0 bridgehead atoms. The minimum Gasteiger partial charge on any atom is -0.480 e. The van der Waals surface area contributed by atoms with E-state index >= 15 is 0 Å². The van der Waals surface area contributed by atoms with Crippen LogP contribution < -0.4 is 15.0 Å². The number of anilines is 2. The standard InChI is InChI=1S/C21H22ClN5O3/c1-30-19-17(22)12-23-21(25-19)24-16-6-9-27(13-16)20(29)15-3-4-18-14(11-15)5-8-26(18)7-2-10-28/h2-4,7,10-12,16H,5-6,8-9,13H2,1H3,(H,23,24,25)/t16-/m0/s1. The van der Waals surface area contributed by atoms with Crippen LogP contribution in [-0.4, -0.2) is 59.8 Å². The molecule has 4 rings (SSSR count). The molecule has 0 radical (unpaired) electrons. The van der Waals surface area contributed by atoms with E-state index in [1.807, 2.05) is 28.0 Å². The highest BCUT2D eigenvalue weighted by Gasteiger charge is 2.28. The Morgan fingerprint density at radius 2 is 2.23 bits per heavy atom. The SMILES string of the molecule is COc1nc(N[C@H]2CCN(C(=O)c3ccc4c(c3)CCN4C=CC=O)C2)ncc1Cl. The van der Waals surface area contributed by atoms with Crippen molar-refractivity contribution in [2.75, 3.05) is 37.0 Å². The third kappa shape index (κ3) is 4.09. The lowest BCUT2D eigenvalue weighted by molar-refractivity contribution is -0.104. The normalized spacial score (nSPS) is 18.0. The van der Waals surface area contributed by atoms with Crippen LogP contribution in [-0.2, 0) is 11.2 Å². The van der Waals surface area contributed by atoms with Crippen LogP contribution in [0, 0.1) is 0 Å². The highest BCUT2D eigenvalue weighted by Crippen LogP contribution is 2.30. The molecule has 0 aliphatic carbocycles.